The Kier molecular flexibility index (Phi) is 4.80. The molecule has 3 heterocycles. The zero-order valence-electron chi connectivity index (χ0n) is 16.1. The van der Waals surface area contributed by atoms with Crippen molar-refractivity contribution >= 4 is 11.6 Å². The minimum absolute atomic E-state index is 0.480. The number of anilines is 2. The monoisotopic (exact) mass is 355 g/mol. The molecule has 0 amide bonds. The molecule has 2 aromatic heterocycles. The lowest BCUT2D eigenvalue weighted by Crippen LogP contribution is -2.39. The molecule has 0 radical (unpaired) electrons. The summed E-state index contributed by atoms with van der Waals surface area (Å²) in [7, 11) is 6.10. The minimum Gasteiger partial charge on any atom is -0.367 e. The fraction of sp³-hybridized carbons (Fsp3) is 0.632. The molecule has 0 aromatic carbocycles. The van der Waals surface area contributed by atoms with Crippen LogP contribution in [0.1, 0.15) is 36.2 Å². The number of fused-ring (bicyclic) bond motifs is 1. The molecule has 4 rings (SSSR count). The van der Waals surface area contributed by atoms with Gasteiger partial charge < -0.3 is 10.2 Å². The second-order valence-corrected chi connectivity index (χ2v) is 7.70. The van der Waals surface area contributed by atoms with Crippen LogP contribution in [0.3, 0.4) is 0 Å². The number of likely N-dealkylation sites (tertiary alicyclic amines) is 1. The molecule has 1 aliphatic carbocycles. The first-order valence-corrected chi connectivity index (χ1v) is 9.62. The van der Waals surface area contributed by atoms with Gasteiger partial charge in [0.2, 0.25) is 0 Å². The summed E-state index contributed by atoms with van der Waals surface area (Å²) in [5.41, 5.74) is 4.28. The first kappa shape index (κ1) is 17.3. The maximum absolute atomic E-state index is 4.71. The molecular formula is C19H29N7. The summed E-state index contributed by atoms with van der Waals surface area (Å²) in [6, 6.07) is 2.50. The SMILES string of the molecule is CN(C)c1cc(NC2CCN(Cc3c4c(nn3C)CCC4)CC2)ncn1. The molecular weight excluding hydrogens is 326 g/mol. The van der Waals surface area contributed by atoms with E-state index >= 15 is 0 Å². The summed E-state index contributed by atoms with van der Waals surface area (Å²) in [6.07, 6.45) is 7.55. The number of aromatic nitrogens is 4. The Hall–Kier alpha value is -2.15. The molecule has 0 atom stereocenters. The largest absolute Gasteiger partial charge is 0.367 e. The van der Waals surface area contributed by atoms with Crippen LogP contribution in [0.4, 0.5) is 11.6 Å². The van der Waals surface area contributed by atoms with Gasteiger partial charge in [0.25, 0.3) is 0 Å². The van der Waals surface area contributed by atoms with Gasteiger partial charge in [-0.3, -0.25) is 9.58 Å². The van der Waals surface area contributed by atoms with Crippen molar-refractivity contribution in [2.75, 3.05) is 37.4 Å². The molecule has 0 bridgehead atoms. The lowest BCUT2D eigenvalue weighted by molar-refractivity contribution is 0.206. The summed E-state index contributed by atoms with van der Waals surface area (Å²) in [4.78, 5) is 13.2. The summed E-state index contributed by atoms with van der Waals surface area (Å²) >= 11 is 0. The van der Waals surface area contributed by atoms with Gasteiger partial charge >= 0.3 is 0 Å². The summed E-state index contributed by atoms with van der Waals surface area (Å²) in [5.74, 6) is 1.86. The normalized spacial score (nSPS) is 18.1. The van der Waals surface area contributed by atoms with Gasteiger partial charge in [0, 0.05) is 52.9 Å². The molecule has 7 heteroatoms. The van der Waals surface area contributed by atoms with Gasteiger partial charge in [0.1, 0.15) is 18.0 Å². The molecule has 26 heavy (non-hydrogen) atoms. The van der Waals surface area contributed by atoms with E-state index in [4.69, 9.17) is 5.10 Å². The highest BCUT2D eigenvalue weighted by Crippen LogP contribution is 2.26. The fourth-order valence-electron chi connectivity index (χ4n) is 4.11. The molecule has 1 fully saturated rings. The van der Waals surface area contributed by atoms with Gasteiger partial charge in [-0.25, -0.2) is 9.97 Å². The maximum Gasteiger partial charge on any atom is 0.133 e. The van der Waals surface area contributed by atoms with Gasteiger partial charge in [-0.2, -0.15) is 5.10 Å². The highest BCUT2D eigenvalue weighted by atomic mass is 15.3. The van der Waals surface area contributed by atoms with Crippen LogP contribution in [0.2, 0.25) is 0 Å². The quantitative estimate of drug-likeness (QED) is 0.883. The third-order valence-electron chi connectivity index (χ3n) is 5.62. The predicted molar refractivity (Wildman–Crippen MR) is 104 cm³/mol. The summed E-state index contributed by atoms with van der Waals surface area (Å²) in [5, 5.41) is 8.30. The van der Waals surface area contributed by atoms with E-state index in [1.54, 1.807) is 6.33 Å². The molecule has 1 aliphatic heterocycles. The Balaban J connectivity index is 1.33. The van der Waals surface area contributed by atoms with Crippen molar-refractivity contribution in [3.63, 3.8) is 0 Å². The topological polar surface area (TPSA) is 62.1 Å². The van der Waals surface area contributed by atoms with Crippen LogP contribution in [0.25, 0.3) is 0 Å². The average Bonchev–Trinajstić information content (AvgIpc) is 3.19. The standard InChI is InChI=1S/C19H29N7/c1-24(2)19-11-18(20-13-21-19)22-14-7-9-26(10-8-14)12-17-15-5-4-6-16(15)23-25(17)3/h11,13-14H,4-10,12H2,1-3H3,(H,20,21,22). The van der Waals surface area contributed by atoms with Crippen LogP contribution in [-0.4, -0.2) is 57.9 Å². The molecule has 2 aliphatic rings. The van der Waals surface area contributed by atoms with Crippen molar-refractivity contribution in [1.82, 2.24) is 24.6 Å². The van der Waals surface area contributed by atoms with Crippen molar-refractivity contribution in [1.29, 1.82) is 0 Å². The zero-order valence-corrected chi connectivity index (χ0v) is 16.1. The Morgan fingerprint density at radius 3 is 2.77 bits per heavy atom. The third-order valence-corrected chi connectivity index (χ3v) is 5.62. The van der Waals surface area contributed by atoms with Gasteiger partial charge in [0.05, 0.1) is 11.4 Å². The van der Waals surface area contributed by atoms with E-state index < -0.39 is 0 Å². The van der Waals surface area contributed by atoms with Crippen LogP contribution in [-0.2, 0) is 26.4 Å². The zero-order chi connectivity index (χ0) is 18.1. The van der Waals surface area contributed by atoms with E-state index in [9.17, 15) is 0 Å². The average molecular weight is 355 g/mol. The van der Waals surface area contributed by atoms with Gasteiger partial charge in [-0.05, 0) is 37.7 Å². The van der Waals surface area contributed by atoms with Crippen molar-refractivity contribution in [3.05, 3.63) is 29.3 Å². The first-order chi connectivity index (χ1) is 12.6. The Bertz CT molecular complexity index is 759. The molecule has 140 valence electrons. The Labute approximate surface area is 155 Å². The van der Waals surface area contributed by atoms with Crippen molar-refractivity contribution in [2.24, 2.45) is 7.05 Å². The van der Waals surface area contributed by atoms with Gasteiger partial charge in [-0.15, -0.1) is 0 Å². The van der Waals surface area contributed by atoms with Crippen molar-refractivity contribution < 1.29 is 0 Å². The van der Waals surface area contributed by atoms with Crippen molar-refractivity contribution in [3.8, 4) is 0 Å². The summed E-state index contributed by atoms with van der Waals surface area (Å²) < 4.78 is 2.11. The van der Waals surface area contributed by atoms with Crippen molar-refractivity contribution in [2.45, 2.75) is 44.7 Å². The molecule has 1 N–H and O–H groups in total. The van der Waals surface area contributed by atoms with E-state index in [0.717, 1.165) is 50.5 Å². The second-order valence-electron chi connectivity index (χ2n) is 7.70. The van der Waals surface area contributed by atoms with Gasteiger partial charge in [-0.1, -0.05) is 0 Å². The van der Waals surface area contributed by atoms with Crippen LogP contribution in [0.5, 0.6) is 0 Å². The van der Waals surface area contributed by atoms with Gasteiger partial charge in [0.15, 0.2) is 0 Å². The van der Waals surface area contributed by atoms with Crippen LogP contribution in [0, 0.1) is 0 Å². The molecule has 2 aromatic rings. The molecule has 0 unspecified atom stereocenters. The highest BCUT2D eigenvalue weighted by molar-refractivity contribution is 5.47. The number of aryl methyl sites for hydroxylation is 2. The number of rotatable bonds is 5. The lowest BCUT2D eigenvalue weighted by Gasteiger charge is -2.32. The van der Waals surface area contributed by atoms with E-state index in [1.807, 2.05) is 25.1 Å². The Morgan fingerprint density at radius 2 is 2.00 bits per heavy atom. The minimum atomic E-state index is 0.480. The number of hydrogen-bond acceptors (Lipinski definition) is 6. The molecule has 1 saturated heterocycles. The van der Waals surface area contributed by atoms with E-state index in [2.05, 4.69) is 31.9 Å². The van der Waals surface area contributed by atoms with Crippen LogP contribution >= 0.6 is 0 Å². The van der Waals surface area contributed by atoms with E-state index in [0.29, 0.717) is 6.04 Å². The van der Waals surface area contributed by atoms with Crippen LogP contribution in [0.15, 0.2) is 12.4 Å². The fourth-order valence-corrected chi connectivity index (χ4v) is 4.11. The first-order valence-electron chi connectivity index (χ1n) is 9.62. The third kappa shape index (κ3) is 3.53. The van der Waals surface area contributed by atoms with E-state index in [1.165, 1.54) is 29.8 Å². The molecule has 0 spiro atoms. The number of nitrogens with one attached hydrogen (secondary N) is 1. The number of nitrogens with zero attached hydrogens (tertiary/aromatic N) is 6. The highest BCUT2D eigenvalue weighted by Gasteiger charge is 2.25. The molecule has 0 saturated carbocycles. The lowest BCUT2D eigenvalue weighted by atomic mass is 10.0. The van der Waals surface area contributed by atoms with Crippen LogP contribution < -0.4 is 10.2 Å². The number of hydrogen-bond donors (Lipinski definition) is 1. The smallest absolute Gasteiger partial charge is 0.133 e. The Morgan fingerprint density at radius 1 is 1.19 bits per heavy atom. The maximum atomic E-state index is 4.71. The number of piperidine rings is 1. The summed E-state index contributed by atoms with van der Waals surface area (Å²) in [6.45, 7) is 3.26. The van der Waals surface area contributed by atoms with E-state index in [-0.39, 0.29) is 0 Å². The predicted octanol–water partition coefficient (Wildman–Crippen LogP) is 1.84. The molecule has 7 nitrogen and oxygen atoms in total. The second kappa shape index (κ2) is 7.23.